The molecule has 1 saturated carbocycles. The third-order valence-electron chi connectivity index (χ3n) is 4.16. The molecular formula is C18H26N2O3. The molecule has 1 aliphatic rings. The molecule has 0 unspecified atom stereocenters. The molecule has 1 aromatic carbocycles. The number of carbonyl (C=O) groups excluding carboxylic acids is 2. The number of benzene rings is 1. The molecule has 2 amide bonds. The van der Waals surface area contributed by atoms with E-state index in [9.17, 15) is 9.59 Å². The minimum Gasteiger partial charge on any atom is -0.385 e. The van der Waals surface area contributed by atoms with Crippen molar-refractivity contribution in [3.63, 3.8) is 0 Å². The molecule has 0 heterocycles. The van der Waals surface area contributed by atoms with Crippen LogP contribution in [0.2, 0.25) is 0 Å². The Labute approximate surface area is 137 Å². The maximum Gasteiger partial charge on any atom is 0.251 e. The molecule has 0 aromatic heterocycles. The predicted octanol–water partition coefficient (Wildman–Crippen LogP) is 2.52. The number of amides is 2. The van der Waals surface area contributed by atoms with Gasteiger partial charge in [0.1, 0.15) is 0 Å². The summed E-state index contributed by atoms with van der Waals surface area (Å²) in [5, 5.41) is 5.91. The molecule has 23 heavy (non-hydrogen) atoms. The minimum atomic E-state index is -0.125. The summed E-state index contributed by atoms with van der Waals surface area (Å²) in [7, 11) is 1.64. The molecular weight excluding hydrogens is 292 g/mol. The van der Waals surface area contributed by atoms with Crippen molar-refractivity contribution < 1.29 is 14.3 Å². The van der Waals surface area contributed by atoms with Gasteiger partial charge >= 0.3 is 0 Å². The van der Waals surface area contributed by atoms with Gasteiger partial charge in [0.15, 0.2) is 0 Å². The van der Waals surface area contributed by atoms with Crippen molar-refractivity contribution in [2.75, 3.05) is 20.3 Å². The summed E-state index contributed by atoms with van der Waals surface area (Å²) >= 11 is 0. The smallest absolute Gasteiger partial charge is 0.251 e. The monoisotopic (exact) mass is 318 g/mol. The first-order valence-corrected chi connectivity index (χ1v) is 8.39. The number of hydrogen-bond donors (Lipinski definition) is 2. The summed E-state index contributed by atoms with van der Waals surface area (Å²) in [6.07, 6.45) is 6.55. The van der Waals surface area contributed by atoms with Crippen LogP contribution in [0, 0.1) is 0 Å². The highest BCUT2D eigenvalue weighted by Crippen LogP contribution is 2.18. The summed E-state index contributed by atoms with van der Waals surface area (Å²) < 4.78 is 4.94. The van der Waals surface area contributed by atoms with Gasteiger partial charge in [-0.25, -0.2) is 0 Å². The Morgan fingerprint density at radius 3 is 2.26 bits per heavy atom. The number of rotatable bonds is 7. The Hall–Kier alpha value is -1.88. The lowest BCUT2D eigenvalue weighted by Crippen LogP contribution is -2.36. The highest BCUT2D eigenvalue weighted by Gasteiger charge is 2.16. The van der Waals surface area contributed by atoms with E-state index in [4.69, 9.17) is 4.74 Å². The second-order valence-electron chi connectivity index (χ2n) is 5.99. The first-order valence-electron chi connectivity index (χ1n) is 8.39. The van der Waals surface area contributed by atoms with Crippen LogP contribution < -0.4 is 10.6 Å². The summed E-state index contributed by atoms with van der Waals surface area (Å²) in [4.78, 5) is 24.2. The highest BCUT2D eigenvalue weighted by atomic mass is 16.5. The van der Waals surface area contributed by atoms with Crippen LogP contribution >= 0.6 is 0 Å². The third kappa shape index (κ3) is 5.67. The molecule has 126 valence electrons. The first-order chi connectivity index (χ1) is 11.2. The van der Waals surface area contributed by atoms with Crippen molar-refractivity contribution in [2.45, 2.75) is 44.6 Å². The molecule has 0 saturated heterocycles. The zero-order valence-electron chi connectivity index (χ0n) is 13.8. The molecule has 1 aliphatic carbocycles. The Morgan fingerprint density at radius 1 is 1.04 bits per heavy atom. The van der Waals surface area contributed by atoms with Crippen molar-refractivity contribution in [2.24, 2.45) is 0 Å². The van der Waals surface area contributed by atoms with Gasteiger partial charge in [-0.1, -0.05) is 19.3 Å². The normalized spacial score (nSPS) is 15.2. The summed E-state index contributed by atoms with van der Waals surface area (Å²) in [5.41, 5.74) is 1.17. The largest absolute Gasteiger partial charge is 0.385 e. The van der Waals surface area contributed by atoms with Crippen LogP contribution in [0.25, 0.3) is 0 Å². The molecule has 1 fully saturated rings. The fraction of sp³-hybridized carbons (Fsp3) is 0.556. The van der Waals surface area contributed by atoms with Crippen LogP contribution in [0.3, 0.4) is 0 Å². The number of methoxy groups -OCH3 is 1. The highest BCUT2D eigenvalue weighted by molar-refractivity contribution is 5.97. The zero-order valence-corrected chi connectivity index (χ0v) is 13.8. The molecule has 0 atom stereocenters. The molecule has 0 aliphatic heterocycles. The van der Waals surface area contributed by atoms with Gasteiger partial charge < -0.3 is 15.4 Å². The van der Waals surface area contributed by atoms with E-state index in [2.05, 4.69) is 10.6 Å². The van der Waals surface area contributed by atoms with Crippen LogP contribution in [0.1, 0.15) is 59.2 Å². The van der Waals surface area contributed by atoms with Crippen molar-refractivity contribution in [1.82, 2.24) is 10.6 Å². The number of ether oxygens (including phenoxy) is 1. The summed E-state index contributed by atoms with van der Waals surface area (Å²) in [6.45, 7) is 1.21. The molecule has 2 N–H and O–H groups in total. The predicted molar refractivity (Wildman–Crippen MR) is 89.6 cm³/mol. The second-order valence-corrected chi connectivity index (χ2v) is 5.99. The SMILES string of the molecule is COCCCNC(=O)c1ccc(C(=O)NC2CCCCC2)cc1. The van der Waals surface area contributed by atoms with Crippen molar-refractivity contribution >= 4 is 11.8 Å². The average Bonchev–Trinajstić information content (AvgIpc) is 2.59. The van der Waals surface area contributed by atoms with Gasteiger partial charge in [-0.05, 0) is 43.5 Å². The Bertz CT molecular complexity index is 508. The maximum absolute atomic E-state index is 12.2. The topological polar surface area (TPSA) is 67.4 Å². The van der Waals surface area contributed by atoms with Gasteiger partial charge in [-0.15, -0.1) is 0 Å². The van der Waals surface area contributed by atoms with Gasteiger partial charge in [-0.2, -0.15) is 0 Å². The van der Waals surface area contributed by atoms with Gasteiger partial charge in [0, 0.05) is 37.4 Å². The standard InChI is InChI=1S/C18H26N2O3/c1-23-13-5-12-19-17(21)14-8-10-15(11-9-14)18(22)20-16-6-3-2-4-7-16/h8-11,16H,2-7,12-13H2,1H3,(H,19,21)(H,20,22). The molecule has 5 heteroatoms. The Kier molecular flexibility index (Phi) is 7.07. The number of nitrogens with one attached hydrogen (secondary N) is 2. The Morgan fingerprint density at radius 2 is 1.65 bits per heavy atom. The van der Waals surface area contributed by atoms with E-state index in [0.717, 1.165) is 19.3 Å². The number of carbonyl (C=O) groups is 2. The lowest BCUT2D eigenvalue weighted by atomic mass is 9.95. The van der Waals surface area contributed by atoms with E-state index < -0.39 is 0 Å². The number of hydrogen-bond acceptors (Lipinski definition) is 3. The Balaban J connectivity index is 1.83. The lowest BCUT2D eigenvalue weighted by Gasteiger charge is -2.22. The van der Waals surface area contributed by atoms with Crippen molar-refractivity contribution in [3.8, 4) is 0 Å². The molecule has 5 nitrogen and oxygen atoms in total. The van der Waals surface area contributed by atoms with Crippen molar-refractivity contribution in [3.05, 3.63) is 35.4 Å². The molecule has 0 bridgehead atoms. The zero-order chi connectivity index (χ0) is 16.5. The molecule has 1 aromatic rings. The molecule has 0 radical (unpaired) electrons. The van der Waals surface area contributed by atoms with E-state index in [1.54, 1.807) is 31.4 Å². The van der Waals surface area contributed by atoms with Crippen LogP contribution in [0.5, 0.6) is 0 Å². The van der Waals surface area contributed by atoms with Crippen LogP contribution in [-0.2, 0) is 4.74 Å². The van der Waals surface area contributed by atoms with Crippen LogP contribution in [-0.4, -0.2) is 38.1 Å². The molecule has 2 rings (SSSR count). The first kappa shape index (κ1) is 17.5. The summed E-state index contributed by atoms with van der Waals surface area (Å²) in [5.74, 6) is -0.177. The molecule has 0 spiro atoms. The van der Waals surface area contributed by atoms with E-state index >= 15 is 0 Å². The van der Waals surface area contributed by atoms with E-state index in [0.29, 0.717) is 30.3 Å². The van der Waals surface area contributed by atoms with Gasteiger partial charge in [-0.3, -0.25) is 9.59 Å². The van der Waals surface area contributed by atoms with Gasteiger partial charge in [0.25, 0.3) is 11.8 Å². The van der Waals surface area contributed by atoms with Gasteiger partial charge in [0.05, 0.1) is 0 Å². The maximum atomic E-state index is 12.2. The van der Waals surface area contributed by atoms with E-state index in [-0.39, 0.29) is 11.8 Å². The van der Waals surface area contributed by atoms with E-state index in [1.165, 1.54) is 19.3 Å². The van der Waals surface area contributed by atoms with Gasteiger partial charge in [0.2, 0.25) is 0 Å². The fourth-order valence-corrected chi connectivity index (χ4v) is 2.81. The minimum absolute atomic E-state index is 0.0519. The summed E-state index contributed by atoms with van der Waals surface area (Å²) in [6, 6.07) is 7.10. The van der Waals surface area contributed by atoms with Crippen LogP contribution in [0.15, 0.2) is 24.3 Å². The fourth-order valence-electron chi connectivity index (χ4n) is 2.81. The lowest BCUT2D eigenvalue weighted by molar-refractivity contribution is 0.0922. The van der Waals surface area contributed by atoms with Crippen LogP contribution in [0.4, 0.5) is 0 Å². The van der Waals surface area contributed by atoms with E-state index in [1.807, 2.05) is 0 Å². The van der Waals surface area contributed by atoms with Crippen molar-refractivity contribution in [1.29, 1.82) is 0 Å². The third-order valence-corrected chi connectivity index (χ3v) is 4.16. The average molecular weight is 318 g/mol. The second kappa shape index (κ2) is 9.30. The quantitative estimate of drug-likeness (QED) is 0.759.